The highest BCUT2D eigenvalue weighted by Gasteiger charge is 2.16. The van der Waals surface area contributed by atoms with E-state index in [9.17, 15) is 0 Å². The molecule has 0 radical (unpaired) electrons. The number of hydrogen-bond acceptors (Lipinski definition) is 1. The van der Waals surface area contributed by atoms with Gasteiger partial charge in [0.1, 0.15) is 0 Å². The molecule has 0 aliphatic heterocycles. The maximum Gasteiger partial charge on any atom is 0.162 e. The monoisotopic (exact) mass is 307 g/mol. The maximum absolute atomic E-state index is 4.92. The SMILES string of the molecule is c1ccc2c(c1)nc1c3[nH]c4ccccc4c3c3ccccc3n21. The normalized spacial score (nSPS) is 12.2. The van der Waals surface area contributed by atoms with Gasteiger partial charge in [0.05, 0.1) is 22.1 Å². The number of imidazole rings is 1. The van der Waals surface area contributed by atoms with Crippen molar-refractivity contribution in [1.29, 1.82) is 0 Å². The minimum Gasteiger partial charge on any atom is -0.351 e. The van der Waals surface area contributed by atoms with Gasteiger partial charge >= 0.3 is 0 Å². The van der Waals surface area contributed by atoms with Gasteiger partial charge in [0.25, 0.3) is 0 Å². The number of hydrogen-bond donors (Lipinski definition) is 1. The molecule has 3 heterocycles. The number of pyridine rings is 1. The zero-order chi connectivity index (χ0) is 15.7. The second-order valence-electron chi connectivity index (χ2n) is 6.20. The highest BCUT2D eigenvalue weighted by molar-refractivity contribution is 6.23. The number of para-hydroxylation sites is 4. The van der Waals surface area contributed by atoms with E-state index in [0.29, 0.717) is 0 Å². The zero-order valence-corrected chi connectivity index (χ0v) is 12.8. The summed E-state index contributed by atoms with van der Waals surface area (Å²) < 4.78 is 2.27. The van der Waals surface area contributed by atoms with Crippen LogP contribution >= 0.6 is 0 Å². The van der Waals surface area contributed by atoms with Crippen molar-refractivity contribution in [1.82, 2.24) is 14.4 Å². The number of H-pyrrole nitrogens is 1. The lowest BCUT2D eigenvalue weighted by molar-refractivity contribution is 1.30. The summed E-state index contributed by atoms with van der Waals surface area (Å²) in [4.78, 5) is 8.51. The van der Waals surface area contributed by atoms with Crippen molar-refractivity contribution in [2.75, 3.05) is 0 Å². The van der Waals surface area contributed by atoms with E-state index in [2.05, 4.69) is 76.1 Å². The van der Waals surface area contributed by atoms with Gasteiger partial charge < -0.3 is 4.98 Å². The number of aromatic amines is 1. The highest BCUT2D eigenvalue weighted by atomic mass is 15.0. The largest absolute Gasteiger partial charge is 0.351 e. The molecule has 0 saturated carbocycles. The molecule has 0 atom stereocenters. The fourth-order valence-electron chi connectivity index (χ4n) is 3.91. The van der Waals surface area contributed by atoms with Crippen molar-refractivity contribution >= 4 is 49.4 Å². The van der Waals surface area contributed by atoms with Crippen LogP contribution in [0.15, 0.2) is 72.8 Å². The second-order valence-corrected chi connectivity index (χ2v) is 6.20. The number of rotatable bonds is 0. The van der Waals surface area contributed by atoms with Crippen LogP contribution < -0.4 is 0 Å². The van der Waals surface area contributed by atoms with Crippen molar-refractivity contribution in [2.24, 2.45) is 0 Å². The molecule has 1 N–H and O–H groups in total. The van der Waals surface area contributed by atoms with Gasteiger partial charge in [-0.15, -0.1) is 0 Å². The van der Waals surface area contributed by atoms with Gasteiger partial charge in [-0.05, 0) is 24.3 Å². The Labute approximate surface area is 137 Å². The van der Waals surface area contributed by atoms with Crippen molar-refractivity contribution in [3.8, 4) is 0 Å². The summed E-state index contributed by atoms with van der Waals surface area (Å²) in [6.07, 6.45) is 0. The molecule has 3 aromatic carbocycles. The molecule has 0 unspecified atom stereocenters. The van der Waals surface area contributed by atoms with Gasteiger partial charge in [0, 0.05) is 21.7 Å². The third-order valence-electron chi connectivity index (χ3n) is 4.90. The fourth-order valence-corrected chi connectivity index (χ4v) is 3.91. The van der Waals surface area contributed by atoms with Crippen LogP contribution in [0.5, 0.6) is 0 Å². The van der Waals surface area contributed by atoms with Crippen molar-refractivity contribution in [2.45, 2.75) is 0 Å². The Balaban J connectivity index is 2.07. The number of benzene rings is 3. The lowest BCUT2D eigenvalue weighted by atomic mass is 10.1. The molecule has 0 amide bonds. The van der Waals surface area contributed by atoms with E-state index in [1.807, 2.05) is 6.07 Å². The molecule has 3 aromatic heterocycles. The lowest BCUT2D eigenvalue weighted by Gasteiger charge is -2.06. The van der Waals surface area contributed by atoms with Gasteiger partial charge in [-0.3, -0.25) is 4.40 Å². The molecular formula is C21H13N3. The van der Waals surface area contributed by atoms with E-state index in [0.717, 1.165) is 27.7 Å². The summed E-state index contributed by atoms with van der Waals surface area (Å²) >= 11 is 0. The third-order valence-corrected chi connectivity index (χ3v) is 4.90. The van der Waals surface area contributed by atoms with Crippen LogP contribution in [-0.4, -0.2) is 14.4 Å². The van der Waals surface area contributed by atoms with Gasteiger partial charge in [-0.1, -0.05) is 48.5 Å². The van der Waals surface area contributed by atoms with E-state index < -0.39 is 0 Å². The van der Waals surface area contributed by atoms with Crippen LogP contribution in [0.3, 0.4) is 0 Å². The molecule has 0 spiro atoms. The van der Waals surface area contributed by atoms with Crippen molar-refractivity contribution in [3.63, 3.8) is 0 Å². The number of aromatic nitrogens is 3. The minimum absolute atomic E-state index is 0.987. The predicted octanol–water partition coefficient (Wildman–Crippen LogP) is 5.28. The lowest BCUT2D eigenvalue weighted by Crippen LogP contribution is -1.90. The Morgan fingerprint density at radius 3 is 2.33 bits per heavy atom. The first kappa shape index (κ1) is 12.1. The van der Waals surface area contributed by atoms with Crippen LogP contribution in [0.4, 0.5) is 0 Å². The summed E-state index contributed by atoms with van der Waals surface area (Å²) in [5.41, 5.74) is 6.60. The molecular weight excluding hydrogens is 294 g/mol. The molecule has 0 saturated heterocycles. The molecule has 112 valence electrons. The summed E-state index contributed by atoms with van der Waals surface area (Å²) in [6.45, 7) is 0. The smallest absolute Gasteiger partial charge is 0.162 e. The first-order valence-corrected chi connectivity index (χ1v) is 8.10. The summed E-state index contributed by atoms with van der Waals surface area (Å²) in [7, 11) is 0. The van der Waals surface area contributed by atoms with Gasteiger partial charge in [0.2, 0.25) is 0 Å². The summed E-state index contributed by atoms with van der Waals surface area (Å²) in [5.74, 6) is 0. The molecule has 0 bridgehead atoms. The van der Waals surface area contributed by atoms with E-state index in [1.54, 1.807) is 0 Å². The number of fused-ring (bicyclic) bond motifs is 10. The van der Waals surface area contributed by atoms with Crippen molar-refractivity contribution < 1.29 is 0 Å². The fraction of sp³-hybridized carbons (Fsp3) is 0. The second kappa shape index (κ2) is 4.15. The average molecular weight is 307 g/mol. The molecule has 6 rings (SSSR count). The van der Waals surface area contributed by atoms with Gasteiger partial charge in [-0.25, -0.2) is 4.98 Å². The first-order valence-electron chi connectivity index (χ1n) is 8.10. The molecule has 0 aliphatic rings. The zero-order valence-electron chi connectivity index (χ0n) is 12.8. The van der Waals surface area contributed by atoms with Crippen molar-refractivity contribution in [3.05, 3.63) is 72.8 Å². The van der Waals surface area contributed by atoms with E-state index in [-0.39, 0.29) is 0 Å². The van der Waals surface area contributed by atoms with E-state index >= 15 is 0 Å². The molecule has 6 aromatic rings. The van der Waals surface area contributed by atoms with Crippen LogP contribution in [0.1, 0.15) is 0 Å². The predicted molar refractivity (Wildman–Crippen MR) is 99.6 cm³/mol. The van der Waals surface area contributed by atoms with Gasteiger partial charge in [-0.2, -0.15) is 0 Å². The average Bonchev–Trinajstić information content (AvgIpc) is 3.21. The standard InChI is InChI=1S/C21H13N3/c1-3-9-15-13(7-1)19-14-8-2-5-11-17(14)24-18-12-6-4-10-16(18)23-21(24)20(19)22-15/h1-12,22H. The minimum atomic E-state index is 0.987. The van der Waals surface area contributed by atoms with Crippen LogP contribution in [0.25, 0.3) is 49.4 Å². The summed E-state index contributed by atoms with van der Waals surface area (Å²) in [6, 6.07) is 25.4. The third kappa shape index (κ3) is 1.35. The molecule has 3 heteroatoms. The molecule has 24 heavy (non-hydrogen) atoms. The van der Waals surface area contributed by atoms with Crippen LogP contribution in [-0.2, 0) is 0 Å². The van der Waals surface area contributed by atoms with E-state index in [1.165, 1.54) is 21.7 Å². The molecule has 0 aliphatic carbocycles. The van der Waals surface area contributed by atoms with Gasteiger partial charge in [0.15, 0.2) is 5.65 Å². The van der Waals surface area contributed by atoms with Crippen LogP contribution in [0, 0.1) is 0 Å². The Bertz CT molecular complexity index is 1290. The van der Waals surface area contributed by atoms with Crippen LogP contribution in [0.2, 0.25) is 0 Å². The Hall–Kier alpha value is -3.33. The quantitative estimate of drug-likeness (QED) is 0.407. The maximum atomic E-state index is 4.92. The summed E-state index contributed by atoms with van der Waals surface area (Å²) in [5, 5.41) is 3.75. The first-order chi connectivity index (χ1) is 11.9. The molecule has 0 fully saturated rings. The highest BCUT2D eigenvalue weighted by Crippen LogP contribution is 2.36. The topological polar surface area (TPSA) is 33.1 Å². The number of nitrogens with zero attached hydrogens (tertiary/aromatic N) is 2. The molecule has 3 nitrogen and oxygen atoms in total. The number of nitrogens with one attached hydrogen (secondary N) is 1. The van der Waals surface area contributed by atoms with E-state index in [4.69, 9.17) is 4.98 Å². The Kier molecular flexibility index (Phi) is 2.10. The Morgan fingerprint density at radius 1 is 0.708 bits per heavy atom. The Morgan fingerprint density at radius 2 is 1.42 bits per heavy atom.